The van der Waals surface area contributed by atoms with Gasteiger partial charge < -0.3 is 10.6 Å². The number of hydrogen-bond donors (Lipinski definition) is 1. The number of aliphatic imine (C=N–C) groups is 1. The monoisotopic (exact) mass is 201 g/mol. The fraction of sp³-hybridized carbons (Fsp3) is 0.273. The maximum atomic E-state index is 11.0. The van der Waals surface area contributed by atoms with Crippen LogP contribution in [-0.2, 0) is 4.79 Å². The van der Waals surface area contributed by atoms with E-state index in [1.807, 2.05) is 0 Å². The Morgan fingerprint density at radius 1 is 1.40 bits per heavy atom. The highest BCUT2D eigenvalue weighted by molar-refractivity contribution is 6.06. The Hall–Kier alpha value is -1.84. The van der Waals surface area contributed by atoms with Crippen LogP contribution in [0, 0.1) is 0 Å². The van der Waals surface area contributed by atoms with Crippen LogP contribution in [0.15, 0.2) is 40.2 Å². The first kappa shape index (κ1) is 8.47. The predicted molar refractivity (Wildman–Crippen MR) is 56.8 cm³/mol. The van der Waals surface area contributed by atoms with Crippen LogP contribution in [0.5, 0.6) is 0 Å². The molecule has 1 aliphatic carbocycles. The highest BCUT2D eigenvalue weighted by Gasteiger charge is 2.30. The van der Waals surface area contributed by atoms with E-state index in [9.17, 15) is 4.79 Å². The summed E-state index contributed by atoms with van der Waals surface area (Å²) in [4.78, 5) is 17.5. The second-order valence-electron chi connectivity index (χ2n) is 3.85. The van der Waals surface area contributed by atoms with Crippen LogP contribution in [0.25, 0.3) is 0 Å². The summed E-state index contributed by atoms with van der Waals surface area (Å²) in [6.45, 7) is 0.709. The minimum atomic E-state index is -0.446. The molecule has 1 fully saturated rings. The fourth-order valence-corrected chi connectivity index (χ4v) is 2.18. The van der Waals surface area contributed by atoms with Crippen molar-refractivity contribution in [3.05, 3.63) is 35.2 Å². The normalized spacial score (nSPS) is 22.5. The molecule has 76 valence electrons. The molecule has 4 aliphatic rings. The van der Waals surface area contributed by atoms with Crippen molar-refractivity contribution in [1.82, 2.24) is 4.90 Å². The summed E-state index contributed by atoms with van der Waals surface area (Å²) in [5.41, 5.74) is 8.09. The Kier molecular flexibility index (Phi) is 1.59. The summed E-state index contributed by atoms with van der Waals surface area (Å²) in [6.07, 6.45) is 8.09. The number of amides is 1. The first-order valence-corrected chi connectivity index (χ1v) is 5.02. The molecule has 0 aromatic heterocycles. The van der Waals surface area contributed by atoms with Gasteiger partial charge in [-0.05, 0) is 30.6 Å². The van der Waals surface area contributed by atoms with Crippen molar-refractivity contribution in [3.63, 3.8) is 0 Å². The molecule has 1 saturated heterocycles. The lowest BCUT2D eigenvalue weighted by Gasteiger charge is -2.38. The van der Waals surface area contributed by atoms with Gasteiger partial charge in [-0.2, -0.15) is 0 Å². The van der Waals surface area contributed by atoms with E-state index in [1.165, 1.54) is 11.3 Å². The summed E-state index contributed by atoms with van der Waals surface area (Å²) in [7, 11) is 0. The molecule has 0 aromatic carbocycles. The lowest BCUT2D eigenvalue weighted by atomic mass is 9.93. The molecule has 0 aromatic rings. The molecule has 2 bridgehead atoms. The van der Waals surface area contributed by atoms with E-state index in [1.54, 1.807) is 6.08 Å². The molecular formula is C11H11N3O. The maximum Gasteiger partial charge on any atom is 0.267 e. The molecule has 3 heterocycles. The van der Waals surface area contributed by atoms with Crippen LogP contribution in [0.3, 0.4) is 0 Å². The summed E-state index contributed by atoms with van der Waals surface area (Å²) in [5.74, 6) is 0.466. The third-order valence-corrected chi connectivity index (χ3v) is 2.96. The molecular weight excluding hydrogens is 190 g/mol. The minimum Gasteiger partial charge on any atom is -0.364 e. The van der Waals surface area contributed by atoms with Crippen LogP contribution in [-0.4, -0.2) is 23.2 Å². The van der Waals surface area contributed by atoms with E-state index in [0.717, 1.165) is 18.7 Å². The first-order chi connectivity index (χ1) is 7.25. The first-order valence-electron chi connectivity index (χ1n) is 5.02. The van der Waals surface area contributed by atoms with Gasteiger partial charge in [0.25, 0.3) is 5.91 Å². The number of carbonyl (C=O) groups is 1. The summed E-state index contributed by atoms with van der Waals surface area (Å²) in [5, 5.41) is 0. The molecule has 4 rings (SSSR count). The molecule has 1 amide bonds. The van der Waals surface area contributed by atoms with Gasteiger partial charge >= 0.3 is 0 Å². The highest BCUT2D eigenvalue weighted by Crippen LogP contribution is 2.33. The van der Waals surface area contributed by atoms with E-state index in [2.05, 4.69) is 22.0 Å². The van der Waals surface area contributed by atoms with Gasteiger partial charge in [-0.25, -0.2) is 4.99 Å². The third-order valence-electron chi connectivity index (χ3n) is 2.96. The zero-order chi connectivity index (χ0) is 10.4. The number of amidine groups is 1. The Bertz CT molecular complexity index is 468. The van der Waals surface area contributed by atoms with Gasteiger partial charge in [-0.15, -0.1) is 0 Å². The van der Waals surface area contributed by atoms with Crippen LogP contribution in [0.1, 0.15) is 12.8 Å². The van der Waals surface area contributed by atoms with Crippen molar-refractivity contribution in [3.8, 4) is 0 Å². The van der Waals surface area contributed by atoms with Gasteiger partial charge in [-0.3, -0.25) is 4.79 Å². The van der Waals surface area contributed by atoms with E-state index >= 15 is 0 Å². The number of nitrogens with zero attached hydrogens (tertiary/aromatic N) is 2. The van der Waals surface area contributed by atoms with Crippen LogP contribution in [0.4, 0.5) is 0 Å². The number of nitrogens with two attached hydrogens (primary N) is 1. The molecule has 0 radical (unpaired) electrons. The lowest BCUT2D eigenvalue weighted by Crippen LogP contribution is -2.40. The number of rotatable bonds is 1. The predicted octanol–water partition coefficient (Wildman–Crippen LogP) is 0.687. The smallest absolute Gasteiger partial charge is 0.267 e. The standard InChI is InChI=1S/C11H11N3O/c12-10(15)9-5-6-14-8-3-1-7(2-4-8)11(14)13-9/h1,3,5H,2,4,6H2,(H2,12,15). The highest BCUT2D eigenvalue weighted by atomic mass is 16.1. The van der Waals surface area contributed by atoms with Crippen LogP contribution < -0.4 is 5.73 Å². The van der Waals surface area contributed by atoms with E-state index in [0.29, 0.717) is 12.2 Å². The van der Waals surface area contributed by atoms with E-state index in [4.69, 9.17) is 5.73 Å². The van der Waals surface area contributed by atoms with Crippen LogP contribution in [0.2, 0.25) is 0 Å². The van der Waals surface area contributed by atoms with Crippen LogP contribution >= 0.6 is 0 Å². The van der Waals surface area contributed by atoms with Gasteiger partial charge in [-0.1, -0.05) is 6.08 Å². The number of hydrogen-bond acceptors (Lipinski definition) is 3. The zero-order valence-corrected chi connectivity index (χ0v) is 8.23. The molecule has 15 heavy (non-hydrogen) atoms. The van der Waals surface area contributed by atoms with Crippen molar-refractivity contribution >= 4 is 11.7 Å². The van der Waals surface area contributed by atoms with Gasteiger partial charge in [0, 0.05) is 12.2 Å². The molecule has 4 heteroatoms. The molecule has 0 atom stereocenters. The maximum absolute atomic E-state index is 11.0. The Morgan fingerprint density at radius 3 is 2.93 bits per heavy atom. The van der Waals surface area contributed by atoms with Crippen molar-refractivity contribution in [2.24, 2.45) is 10.7 Å². The van der Waals surface area contributed by atoms with E-state index in [-0.39, 0.29) is 0 Å². The molecule has 0 unspecified atom stereocenters. The second kappa shape index (κ2) is 2.82. The quantitative estimate of drug-likeness (QED) is 0.678. The molecule has 4 nitrogen and oxygen atoms in total. The number of allylic oxidation sites excluding steroid dienone is 3. The molecule has 3 aliphatic heterocycles. The average Bonchev–Trinajstić information content (AvgIpc) is 2.30. The topological polar surface area (TPSA) is 58.7 Å². The van der Waals surface area contributed by atoms with Gasteiger partial charge in [0.15, 0.2) is 0 Å². The van der Waals surface area contributed by atoms with Gasteiger partial charge in [0.1, 0.15) is 11.5 Å². The average molecular weight is 201 g/mol. The molecule has 0 saturated carbocycles. The lowest BCUT2D eigenvalue weighted by molar-refractivity contribution is -0.114. The van der Waals surface area contributed by atoms with Crippen molar-refractivity contribution < 1.29 is 4.79 Å². The SMILES string of the molecule is NC(=O)C1=CCN2C3=CC=C(CC3)C2=N1. The third kappa shape index (κ3) is 1.14. The Morgan fingerprint density at radius 2 is 2.27 bits per heavy atom. The Labute approximate surface area is 87.5 Å². The second-order valence-corrected chi connectivity index (χ2v) is 3.85. The summed E-state index contributed by atoms with van der Waals surface area (Å²) >= 11 is 0. The number of primary amides is 1. The summed E-state index contributed by atoms with van der Waals surface area (Å²) in [6, 6.07) is 0. The fourth-order valence-electron chi connectivity index (χ4n) is 2.18. The van der Waals surface area contributed by atoms with E-state index < -0.39 is 5.91 Å². The largest absolute Gasteiger partial charge is 0.364 e. The molecule has 2 N–H and O–H groups in total. The van der Waals surface area contributed by atoms with Crippen molar-refractivity contribution in [2.45, 2.75) is 12.8 Å². The minimum absolute atomic E-state index is 0.385. The Balaban J connectivity index is 2.04. The van der Waals surface area contributed by atoms with Crippen molar-refractivity contribution in [1.29, 1.82) is 0 Å². The van der Waals surface area contributed by atoms with Gasteiger partial charge in [0.05, 0.1) is 0 Å². The molecule has 0 spiro atoms. The van der Waals surface area contributed by atoms with Crippen molar-refractivity contribution in [2.75, 3.05) is 6.54 Å². The number of fused-ring (bicyclic) bond motifs is 2. The van der Waals surface area contributed by atoms with Gasteiger partial charge in [0.2, 0.25) is 0 Å². The summed E-state index contributed by atoms with van der Waals surface area (Å²) < 4.78 is 0. The number of carbonyl (C=O) groups excluding carboxylic acids is 1. The number of piperidine rings is 1. The zero-order valence-electron chi connectivity index (χ0n) is 8.23.